The molecule has 0 spiro atoms. The third-order valence-electron chi connectivity index (χ3n) is 3.65. The fourth-order valence-electron chi connectivity index (χ4n) is 2.17. The van der Waals surface area contributed by atoms with Gasteiger partial charge in [0.15, 0.2) is 11.9 Å². The van der Waals surface area contributed by atoms with Gasteiger partial charge in [-0.05, 0) is 26.0 Å². The van der Waals surface area contributed by atoms with E-state index in [4.69, 9.17) is 4.74 Å². The number of nitrogens with one attached hydrogen (secondary N) is 1. The molecule has 5 heteroatoms. The summed E-state index contributed by atoms with van der Waals surface area (Å²) in [5.41, 5.74) is 2.28. The van der Waals surface area contributed by atoms with E-state index in [0.717, 1.165) is 5.56 Å². The second-order valence-corrected chi connectivity index (χ2v) is 5.78. The molecular formula is C20H21NO4. The minimum absolute atomic E-state index is 0.0507. The Bertz CT molecular complexity index is 738. The highest BCUT2D eigenvalue weighted by Gasteiger charge is 2.18. The Morgan fingerprint density at radius 3 is 2.24 bits per heavy atom. The van der Waals surface area contributed by atoms with Crippen LogP contribution in [0.5, 0.6) is 0 Å². The molecule has 5 nitrogen and oxygen atoms in total. The van der Waals surface area contributed by atoms with Crippen LogP contribution in [0.4, 0.5) is 5.69 Å². The zero-order valence-corrected chi connectivity index (χ0v) is 14.3. The minimum Gasteiger partial charge on any atom is -0.453 e. The predicted octanol–water partition coefficient (Wildman–Crippen LogP) is 3.53. The normalized spacial score (nSPS) is 11.4. The number of carbonyl (C=O) groups is 3. The number of esters is 1. The van der Waals surface area contributed by atoms with Crippen LogP contribution in [0.1, 0.15) is 35.7 Å². The summed E-state index contributed by atoms with van der Waals surface area (Å²) in [6.45, 7) is 3.45. The lowest BCUT2D eigenvalue weighted by Gasteiger charge is -2.13. The van der Waals surface area contributed by atoms with Crippen molar-refractivity contribution >= 4 is 23.3 Å². The van der Waals surface area contributed by atoms with Gasteiger partial charge in [0.25, 0.3) is 5.91 Å². The Morgan fingerprint density at radius 2 is 1.60 bits per heavy atom. The highest BCUT2D eigenvalue weighted by atomic mass is 16.5. The van der Waals surface area contributed by atoms with Crippen LogP contribution in [0.15, 0.2) is 54.6 Å². The molecule has 130 valence electrons. The molecule has 0 bridgehead atoms. The lowest BCUT2D eigenvalue weighted by Crippen LogP contribution is -2.30. The molecule has 1 atom stereocenters. The van der Waals surface area contributed by atoms with Crippen molar-refractivity contribution < 1.29 is 19.1 Å². The molecule has 1 amide bonds. The van der Waals surface area contributed by atoms with Gasteiger partial charge in [-0.3, -0.25) is 14.4 Å². The van der Waals surface area contributed by atoms with Crippen molar-refractivity contribution in [3.63, 3.8) is 0 Å². The smallest absolute Gasteiger partial charge is 0.307 e. The Kier molecular flexibility index (Phi) is 6.46. The fraction of sp³-hybridized carbons (Fsp3) is 0.250. The van der Waals surface area contributed by atoms with Crippen molar-refractivity contribution in [3.05, 3.63) is 65.7 Å². The van der Waals surface area contributed by atoms with Crippen LogP contribution in [0.25, 0.3) is 0 Å². The molecule has 0 aromatic heterocycles. The second-order valence-electron chi connectivity index (χ2n) is 5.78. The molecule has 0 saturated heterocycles. The number of rotatable bonds is 7. The molecule has 1 N–H and O–H groups in total. The van der Waals surface area contributed by atoms with Gasteiger partial charge in [0.1, 0.15) is 0 Å². The highest BCUT2D eigenvalue weighted by Crippen LogP contribution is 2.10. The van der Waals surface area contributed by atoms with E-state index < -0.39 is 18.0 Å². The van der Waals surface area contributed by atoms with E-state index in [1.54, 1.807) is 36.4 Å². The van der Waals surface area contributed by atoms with Gasteiger partial charge in [-0.1, -0.05) is 48.0 Å². The molecule has 2 aromatic rings. The fourth-order valence-corrected chi connectivity index (χ4v) is 2.17. The van der Waals surface area contributed by atoms with E-state index >= 15 is 0 Å². The summed E-state index contributed by atoms with van der Waals surface area (Å²) in [5.74, 6) is -1.11. The Labute approximate surface area is 147 Å². The number of hydrogen-bond acceptors (Lipinski definition) is 4. The van der Waals surface area contributed by atoms with Crippen LogP contribution in [0.3, 0.4) is 0 Å². The van der Waals surface area contributed by atoms with E-state index in [2.05, 4.69) is 5.32 Å². The lowest BCUT2D eigenvalue weighted by molar-refractivity contribution is -0.153. The van der Waals surface area contributed by atoms with Gasteiger partial charge in [0.2, 0.25) is 0 Å². The van der Waals surface area contributed by atoms with Crippen molar-refractivity contribution in [1.82, 2.24) is 0 Å². The molecule has 2 rings (SSSR count). The van der Waals surface area contributed by atoms with Gasteiger partial charge in [0, 0.05) is 17.7 Å². The van der Waals surface area contributed by atoms with Crippen LogP contribution in [-0.2, 0) is 14.3 Å². The van der Waals surface area contributed by atoms with Gasteiger partial charge in [-0.15, -0.1) is 0 Å². The number of carbonyl (C=O) groups excluding carboxylic acids is 3. The molecule has 25 heavy (non-hydrogen) atoms. The monoisotopic (exact) mass is 339 g/mol. The van der Waals surface area contributed by atoms with E-state index in [1.165, 1.54) is 6.92 Å². The van der Waals surface area contributed by atoms with Gasteiger partial charge in [-0.25, -0.2) is 0 Å². The molecule has 0 radical (unpaired) electrons. The first-order valence-corrected chi connectivity index (χ1v) is 8.11. The van der Waals surface area contributed by atoms with Gasteiger partial charge >= 0.3 is 5.97 Å². The standard InChI is InChI=1S/C20H21NO4/c1-14-8-10-17(11-9-14)21-20(24)15(2)25-19(23)13-12-18(22)16-6-4-3-5-7-16/h3-11,15H,12-13H2,1-2H3,(H,21,24)/t15-/m0/s1. The van der Waals surface area contributed by atoms with Crippen LogP contribution >= 0.6 is 0 Å². The molecule has 2 aromatic carbocycles. The molecule has 0 fully saturated rings. The van der Waals surface area contributed by atoms with E-state index in [-0.39, 0.29) is 18.6 Å². The van der Waals surface area contributed by atoms with Crippen molar-refractivity contribution in [3.8, 4) is 0 Å². The zero-order chi connectivity index (χ0) is 18.2. The van der Waals surface area contributed by atoms with Crippen LogP contribution < -0.4 is 5.32 Å². The predicted molar refractivity (Wildman–Crippen MR) is 95.4 cm³/mol. The number of amides is 1. The number of Topliss-reactive ketones (excluding diaryl/α,β-unsaturated/α-hetero) is 1. The topological polar surface area (TPSA) is 72.5 Å². The average Bonchev–Trinajstić information content (AvgIpc) is 2.62. The molecular weight excluding hydrogens is 318 g/mol. The molecule has 0 aliphatic carbocycles. The van der Waals surface area contributed by atoms with Gasteiger partial charge in [0.05, 0.1) is 6.42 Å². The lowest BCUT2D eigenvalue weighted by atomic mass is 10.1. The van der Waals surface area contributed by atoms with E-state index in [9.17, 15) is 14.4 Å². The Hall–Kier alpha value is -2.95. The maximum Gasteiger partial charge on any atom is 0.307 e. The zero-order valence-electron chi connectivity index (χ0n) is 14.3. The summed E-state index contributed by atoms with van der Waals surface area (Å²) in [6, 6.07) is 16.1. The Balaban J connectivity index is 1.78. The number of hydrogen-bond donors (Lipinski definition) is 1. The van der Waals surface area contributed by atoms with Crippen LogP contribution in [0.2, 0.25) is 0 Å². The molecule has 0 aliphatic heterocycles. The second kappa shape index (κ2) is 8.78. The summed E-state index contributed by atoms with van der Waals surface area (Å²) in [5, 5.41) is 2.68. The Morgan fingerprint density at radius 1 is 0.960 bits per heavy atom. The first-order valence-electron chi connectivity index (χ1n) is 8.11. The number of aryl methyl sites for hydroxylation is 1. The SMILES string of the molecule is Cc1ccc(NC(=O)[C@H](C)OC(=O)CCC(=O)c2ccccc2)cc1. The maximum atomic E-state index is 12.0. The summed E-state index contributed by atoms with van der Waals surface area (Å²) in [4.78, 5) is 35.8. The number of anilines is 1. The quantitative estimate of drug-likeness (QED) is 0.619. The van der Waals surface area contributed by atoms with Gasteiger partial charge in [-0.2, -0.15) is 0 Å². The first-order chi connectivity index (χ1) is 12.0. The minimum atomic E-state index is -0.930. The third-order valence-corrected chi connectivity index (χ3v) is 3.65. The van der Waals surface area contributed by atoms with Crippen molar-refractivity contribution in [2.45, 2.75) is 32.8 Å². The summed E-state index contributed by atoms with van der Waals surface area (Å²) < 4.78 is 5.09. The first kappa shape index (κ1) is 18.4. The maximum absolute atomic E-state index is 12.0. The largest absolute Gasteiger partial charge is 0.453 e. The van der Waals surface area contributed by atoms with Crippen molar-refractivity contribution in [2.75, 3.05) is 5.32 Å². The van der Waals surface area contributed by atoms with Gasteiger partial charge < -0.3 is 10.1 Å². The molecule has 0 heterocycles. The molecule has 0 saturated carbocycles. The molecule has 0 aliphatic rings. The summed E-state index contributed by atoms with van der Waals surface area (Å²) in [7, 11) is 0. The third kappa shape index (κ3) is 5.88. The number of benzene rings is 2. The van der Waals surface area contributed by atoms with Crippen LogP contribution in [0, 0.1) is 6.92 Å². The van der Waals surface area contributed by atoms with Crippen molar-refractivity contribution in [1.29, 1.82) is 0 Å². The number of ether oxygens (including phenoxy) is 1. The number of ketones is 1. The highest BCUT2D eigenvalue weighted by molar-refractivity contribution is 5.98. The average molecular weight is 339 g/mol. The summed E-state index contributed by atoms with van der Waals surface area (Å²) >= 11 is 0. The molecule has 0 unspecified atom stereocenters. The van der Waals surface area contributed by atoms with E-state index in [0.29, 0.717) is 11.3 Å². The van der Waals surface area contributed by atoms with E-state index in [1.807, 2.05) is 25.1 Å². The summed E-state index contributed by atoms with van der Waals surface area (Å²) in [6.07, 6.45) is -0.939. The van der Waals surface area contributed by atoms with Crippen molar-refractivity contribution in [2.24, 2.45) is 0 Å². The van der Waals surface area contributed by atoms with Crippen LogP contribution in [-0.4, -0.2) is 23.8 Å².